The highest BCUT2D eigenvalue weighted by atomic mass is 15.3. The summed E-state index contributed by atoms with van der Waals surface area (Å²) in [5.74, 6) is 3.56. The zero-order chi connectivity index (χ0) is 20.7. The fourth-order valence-electron chi connectivity index (χ4n) is 3.86. The lowest BCUT2D eigenvalue weighted by atomic mass is 10.0. The van der Waals surface area contributed by atoms with Gasteiger partial charge in [0.15, 0.2) is 5.82 Å². The van der Waals surface area contributed by atoms with Crippen LogP contribution in [0.5, 0.6) is 0 Å². The Labute approximate surface area is 174 Å². The third-order valence-electron chi connectivity index (χ3n) is 5.49. The van der Waals surface area contributed by atoms with Crippen molar-refractivity contribution in [3.8, 4) is 0 Å². The Morgan fingerprint density at radius 2 is 2.10 bits per heavy atom. The van der Waals surface area contributed by atoms with E-state index in [1.807, 2.05) is 60.9 Å². The SMILES string of the molecule is Cc1cc(Nc2nc(N3CCC(c4ccc(N(C)C)nc4)C3)nc3cccn23)n[nH]1. The molecule has 0 aliphatic carbocycles. The predicted octanol–water partition coefficient (Wildman–Crippen LogP) is 2.96. The first kappa shape index (κ1) is 18.4. The first-order valence-corrected chi connectivity index (χ1v) is 10.1. The Kier molecular flexibility index (Phi) is 4.50. The standard InChI is InChI=1S/C21H25N9/c1-14-11-17(27-26-14)23-21-25-20(24-19-5-4-9-30(19)21)29-10-8-16(13-29)15-6-7-18(22-12-15)28(2)3/h4-7,9,11-12,16H,8,10,13H2,1-3H3,(H2,23,24,25,26,27). The molecular formula is C21H25N9. The van der Waals surface area contributed by atoms with Gasteiger partial charge in [0.25, 0.3) is 0 Å². The van der Waals surface area contributed by atoms with Crippen LogP contribution in [0.3, 0.4) is 0 Å². The third-order valence-corrected chi connectivity index (χ3v) is 5.49. The molecule has 0 radical (unpaired) electrons. The topological polar surface area (TPSA) is 90.3 Å². The number of aromatic amines is 1. The maximum absolute atomic E-state index is 4.82. The minimum atomic E-state index is 0.422. The number of fused-ring (bicyclic) bond motifs is 1. The van der Waals surface area contributed by atoms with Gasteiger partial charge in [-0.15, -0.1) is 0 Å². The quantitative estimate of drug-likeness (QED) is 0.529. The van der Waals surface area contributed by atoms with Gasteiger partial charge in [-0.1, -0.05) is 6.07 Å². The molecule has 0 aromatic carbocycles. The summed E-state index contributed by atoms with van der Waals surface area (Å²) in [6, 6.07) is 10.2. The van der Waals surface area contributed by atoms with Crippen molar-refractivity contribution < 1.29 is 0 Å². The van der Waals surface area contributed by atoms with Crippen molar-refractivity contribution in [2.24, 2.45) is 0 Å². The van der Waals surface area contributed by atoms with Gasteiger partial charge in [-0.3, -0.25) is 9.50 Å². The van der Waals surface area contributed by atoms with Crippen molar-refractivity contribution in [2.45, 2.75) is 19.3 Å². The maximum Gasteiger partial charge on any atom is 0.230 e. The summed E-state index contributed by atoms with van der Waals surface area (Å²) in [5.41, 5.74) is 3.11. The van der Waals surface area contributed by atoms with Crippen LogP contribution in [0.2, 0.25) is 0 Å². The van der Waals surface area contributed by atoms with Crippen LogP contribution in [-0.4, -0.2) is 56.7 Å². The molecule has 5 rings (SSSR count). The van der Waals surface area contributed by atoms with Crippen molar-refractivity contribution in [2.75, 3.05) is 42.3 Å². The molecule has 0 saturated carbocycles. The van der Waals surface area contributed by atoms with Gasteiger partial charge in [0.2, 0.25) is 11.9 Å². The maximum atomic E-state index is 4.82. The van der Waals surface area contributed by atoms with E-state index in [1.54, 1.807) is 0 Å². The number of H-pyrrole nitrogens is 1. The molecule has 1 atom stereocenters. The Bertz CT molecular complexity index is 1160. The number of aryl methyl sites for hydroxylation is 1. The number of rotatable bonds is 5. The van der Waals surface area contributed by atoms with E-state index in [9.17, 15) is 0 Å². The van der Waals surface area contributed by atoms with Crippen LogP contribution < -0.4 is 15.1 Å². The molecule has 1 aliphatic rings. The number of anilines is 4. The number of aromatic nitrogens is 6. The van der Waals surface area contributed by atoms with Crippen LogP contribution in [0, 0.1) is 6.92 Å². The number of hydrogen-bond acceptors (Lipinski definition) is 7. The molecule has 9 heteroatoms. The minimum Gasteiger partial charge on any atom is -0.363 e. The van der Waals surface area contributed by atoms with Crippen LogP contribution in [-0.2, 0) is 0 Å². The Balaban J connectivity index is 1.39. The second kappa shape index (κ2) is 7.33. The average molecular weight is 403 g/mol. The fourth-order valence-corrected chi connectivity index (χ4v) is 3.86. The molecule has 5 heterocycles. The van der Waals surface area contributed by atoms with E-state index in [0.717, 1.165) is 48.4 Å². The largest absolute Gasteiger partial charge is 0.363 e. The molecule has 1 aliphatic heterocycles. The zero-order valence-electron chi connectivity index (χ0n) is 17.4. The van der Waals surface area contributed by atoms with Gasteiger partial charge in [-0.25, -0.2) is 4.98 Å². The monoisotopic (exact) mass is 403 g/mol. The van der Waals surface area contributed by atoms with E-state index in [4.69, 9.17) is 9.97 Å². The molecule has 1 unspecified atom stereocenters. The van der Waals surface area contributed by atoms with E-state index in [1.165, 1.54) is 5.56 Å². The Morgan fingerprint density at radius 3 is 2.83 bits per heavy atom. The molecule has 0 bridgehead atoms. The van der Waals surface area contributed by atoms with Crippen LogP contribution >= 0.6 is 0 Å². The highest BCUT2D eigenvalue weighted by molar-refractivity contribution is 5.57. The minimum absolute atomic E-state index is 0.422. The van der Waals surface area contributed by atoms with Crippen LogP contribution in [0.1, 0.15) is 23.6 Å². The lowest BCUT2D eigenvalue weighted by Crippen LogP contribution is -2.23. The zero-order valence-corrected chi connectivity index (χ0v) is 17.4. The van der Waals surface area contributed by atoms with Gasteiger partial charge in [-0.05, 0) is 37.1 Å². The lowest BCUT2D eigenvalue weighted by Gasteiger charge is -2.18. The lowest BCUT2D eigenvalue weighted by molar-refractivity contribution is 0.767. The van der Waals surface area contributed by atoms with E-state index in [-0.39, 0.29) is 0 Å². The average Bonchev–Trinajstić information content (AvgIpc) is 3.48. The summed E-state index contributed by atoms with van der Waals surface area (Å²) in [7, 11) is 4.01. The normalized spacial score (nSPS) is 16.4. The van der Waals surface area contributed by atoms with Gasteiger partial charge in [0.1, 0.15) is 11.5 Å². The van der Waals surface area contributed by atoms with E-state index in [0.29, 0.717) is 11.9 Å². The predicted molar refractivity (Wildman–Crippen MR) is 118 cm³/mol. The molecule has 9 nitrogen and oxygen atoms in total. The highest BCUT2D eigenvalue weighted by Crippen LogP contribution is 2.30. The molecule has 30 heavy (non-hydrogen) atoms. The second-order valence-electron chi connectivity index (χ2n) is 7.92. The third kappa shape index (κ3) is 3.42. The molecule has 4 aromatic rings. The second-order valence-corrected chi connectivity index (χ2v) is 7.92. The number of nitrogens with zero attached hydrogens (tertiary/aromatic N) is 7. The van der Waals surface area contributed by atoms with E-state index < -0.39 is 0 Å². The number of pyridine rings is 1. The molecule has 1 saturated heterocycles. The van der Waals surface area contributed by atoms with Crippen molar-refractivity contribution >= 4 is 29.2 Å². The van der Waals surface area contributed by atoms with Gasteiger partial charge in [0.05, 0.1) is 0 Å². The van der Waals surface area contributed by atoms with Gasteiger partial charge in [-0.2, -0.15) is 15.1 Å². The number of hydrogen-bond donors (Lipinski definition) is 2. The van der Waals surface area contributed by atoms with Crippen molar-refractivity contribution in [1.82, 2.24) is 29.5 Å². The first-order valence-electron chi connectivity index (χ1n) is 10.1. The van der Waals surface area contributed by atoms with Crippen LogP contribution in [0.25, 0.3) is 5.65 Å². The van der Waals surface area contributed by atoms with Crippen molar-refractivity contribution in [3.63, 3.8) is 0 Å². The molecule has 0 spiro atoms. The molecule has 4 aromatic heterocycles. The Morgan fingerprint density at radius 1 is 1.20 bits per heavy atom. The van der Waals surface area contributed by atoms with Gasteiger partial charge < -0.3 is 15.1 Å². The fraction of sp³-hybridized carbons (Fsp3) is 0.333. The summed E-state index contributed by atoms with van der Waals surface area (Å²) in [6.45, 7) is 3.76. The molecule has 2 N–H and O–H groups in total. The van der Waals surface area contributed by atoms with E-state index >= 15 is 0 Å². The summed E-state index contributed by atoms with van der Waals surface area (Å²) < 4.78 is 1.94. The Hall–Kier alpha value is -3.62. The van der Waals surface area contributed by atoms with Crippen LogP contribution in [0.15, 0.2) is 42.7 Å². The molecule has 1 fully saturated rings. The summed E-state index contributed by atoms with van der Waals surface area (Å²) >= 11 is 0. The van der Waals surface area contributed by atoms with Crippen molar-refractivity contribution in [1.29, 1.82) is 0 Å². The highest BCUT2D eigenvalue weighted by Gasteiger charge is 2.27. The van der Waals surface area contributed by atoms with Crippen molar-refractivity contribution in [3.05, 3.63) is 54.0 Å². The first-order chi connectivity index (χ1) is 14.6. The summed E-state index contributed by atoms with van der Waals surface area (Å²) in [5, 5.41) is 10.5. The number of nitrogens with one attached hydrogen (secondary N) is 2. The van der Waals surface area contributed by atoms with Gasteiger partial charge in [0, 0.05) is 57.3 Å². The van der Waals surface area contributed by atoms with E-state index in [2.05, 4.69) is 37.5 Å². The smallest absolute Gasteiger partial charge is 0.230 e. The molecular weight excluding hydrogens is 378 g/mol. The summed E-state index contributed by atoms with van der Waals surface area (Å²) in [4.78, 5) is 18.4. The van der Waals surface area contributed by atoms with Gasteiger partial charge >= 0.3 is 0 Å². The summed E-state index contributed by atoms with van der Waals surface area (Å²) in [6.07, 6.45) is 5.00. The van der Waals surface area contributed by atoms with Crippen LogP contribution in [0.4, 0.5) is 23.5 Å². The molecule has 154 valence electrons. The molecule has 0 amide bonds.